The summed E-state index contributed by atoms with van der Waals surface area (Å²) in [6.07, 6.45) is 0. The third kappa shape index (κ3) is 4.68. The zero-order valence-electron chi connectivity index (χ0n) is 19.6. The lowest BCUT2D eigenvalue weighted by Crippen LogP contribution is -2.51. The first-order chi connectivity index (χ1) is 17.1. The van der Waals surface area contributed by atoms with Crippen molar-refractivity contribution >= 4 is 28.6 Å². The third-order valence-corrected chi connectivity index (χ3v) is 6.23. The van der Waals surface area contributed by atoms with Crippen molar-refractivity contribution in [1.82, 2.24) is 14.5 Å². The predicted octanol–water partition coefficient (Wildman–Crippen LogP) is 3.81. The van der Waals surface area contributed by atoms with Gasteiger partial charge in [0.25, 0.3) is 5.56 Å². The Morgan fingerprint density at radius 2 is 1.60 bits per heavy atom. The minimum absolute atomic E-state index is 0.125. The highest BCUT2D eigenvalue weighted by Gasteiger charge is 2.25. The molecule has 8 heteroatoms. The number of hydrogen-bond donors (Lipinski definition) is 1. The van der Waals surface area contributed by atoms with E-state index in [1.807, 2.05) is 71.6 Å². The van der Waals surface area contributed by atoms with Gasteiger partial charge in [0.15, 0.2) is 5.82 Å². The van der Waals surface area contributed by atoms with Gasteiger partial charge in [-0.25, -0.2) is 9.78 Å². The third-order valence-electron chi connectivity index (χ3n) is 6.23. The Balaban J connectivity index is 1.36. The van der Waals surface area contributed by atoms with Gasteiger partial charge in [-0.1, -0.05) is 54.6 Å². The smallest absolute Gasteiger partial charge is 0.322 e. The van der Waals surface area contributed by atoms with Crippen LogP contribution in [0, 0.1) is 0 Å². The number of aromatic nitrogens is 2. The van der Waals surface area contributed by atoms with E-state index in [-0.39, 0.29) is 11.6 Å². The molecule has 1 aliphatic heterocycles. The fourth-order valence-corrected chi connectivity index (χ4v) is 4.37. The van der Waals surface area contributed by atoms with Gasteiger partial charge in [0.05, 0.1) is 30.4 Å². The van der Waals surface area contributed by atoms with Gasteiger partial charge in [-0.15, -0.1) is 0 Å². The average Bonchev–Trinajstić information content (AvgIpc) is 2.91. The molecule has 0 bridgehead atoms. The van der Waals surface area contributed by atoms with E-state index in [1.54, 1.807) is 28.7 Å². The lowest BCUT2D eigenvalue weighted by molar-refractivity contribution is 0.208. The molecule has 1 N–H and O–H groups in total. The number of nitrogens with zero attached hydrogens (tertiary/aromatic N) is 4. The molecule has 0 radical (unpaired) electrons. The van der Waals surface area contributed by atoms with E-state index in [0.29, 0.717) is 50.0 Å². The number of ether oxygens (including phenoxy) is 1. The second kappa shape index (κ2) is 9.89. The zero-order chi connectivity index (χ0) is 24.2. The Morgan fingerprint density at radius 1 is 0.914 bits per heavy atom. The van der Waals surface area contributed by atoms with Gasteiger partial charge in [0, 0.05) is 26.2 Å². The molecule has 178 valence electrons. The number of carbonyl (C=O) groups excluding carboxylic acids is 1. The van der Waals surface area contributed by atoms with Gasteiger partial charge in [0.2, 0.25) is 0 Å². The van der Waals surface area contributed by atoms with Crippen molar-refractivity contribution < 1.29 is 9.53 Å². The Hall–Kier alpha value is -4.33. The van der Waals surface area contributed by atoms with Crippen LogP contribution in [0.1, 0.15) is 5.56 Å². The Bertz CT molecular complexity index is 1400. The number of nitrogens with one attached hydrogen (secondary N) is 1. The van der Waals surface area contributed by atoms with E-state index < -0.39 is 0 Å². The zero-order valence-corrected chi connectivity index (χ0v) is 19.6. The normalized spacial score (nSPS) is 13.6. The Kier molecular flexibility index (Phi) is 6.34. The molecule has 2 amide bonds. The van der Waals surface area contributed by atoms with Crippen molar-refractivity contribution in [3.05, 3.63) is 94.8 Å². The number of amides is 2. The molecule has 5 rings (SSSR count). The van der Waals surface area contributed by atoms with Gasteiger partial charge in [-0.05, 0) is 29.8 Å². The number of fused-ring (bicyclic) bond motifs is 1. The molecule has 0 spiro atoms. The summed E-state index contributed by atoms with van der Waals surface area (Å²) in [4.78, 5) is 34.8. The SMILES string of the molecule is COc1ccccc1NC(=O)N1CCN(c2nc3ccccc3n(Cc3ccccc3)c2=O)CC1. The van der Waals surface area contributed by atoms with Crippen LogP contribution < -0.4 is 20.5 Å². The summed E-state index contributed by atoms with van der Waals surface area (Å²) in [5, 5.41) is 2.92. The molecule has 0 aliphatic carbocycles. The number of benzene rings is 3. The molecule has 35 heavy (non-hydrogen) atoms. The second-order valence-corrected chi connectivity index (χ2v) is 8.41. The number of hydrogen-bond acceptors (Lipinski definition) is 5. The molecular weight excluding hydrogens is 442 g/mol. The molecule has 4 aromatic rings. The van der Waals surface area contributed by atoms with Crippen LogP contribution in [0.5, 0.6) is 5.75 Å². The van der Waals surface area contributed by atoms with Crippen LogP contribution >= 0.6 is 0 Å². The quantitative estimate of drug-likeness (QED) is 0.481. The lowest BCUT2D eigenvalue weighted by atomic mass is 10.2. The number of carbonyl (C=O) groups is 1. The first-order valence-corrected chi connectivity index (χ1v) is 11.6. The van der Waals surface area contributed by atoms with E-state index in [4.69, 9.17) is 9.72 Å². The summed E-state index contributed by atoms with van der Waals surface area (Å²) in [7, 11) is 1.57. The van der Waals surface area contributed by atoms with E-state index in [9.17, 15) is 9.59 Å². The van der Waals surface area contributed by atoms with Gasteiger partial charge >= 0.3 is 6.03 Å². The predicted molar refractivity (Wildman–Crippen MR) is 137 cm³/mol. The standard InChI is InChI=1S/C27H27N5O3/c1-35-24-14-8-6-12-22(24)29-27(34)31-17-15-30(16-18-31)25-26(33)32(19-20-9-3-2-4-10-20)23-13-7-5-11-21(23)28-25/h2-14H,15-19H2,1H3,(H,29,34). The van der Waals surface area contributed by atoms with Gasteiger partial charge in [0.1, 0.15) is 5.75 Å². The minimum atomic E-state index is -0.192. The topological polar surface area (TPSA) is 79.7 Å². The molecule has 1 aliphatic rings. The number of rotatable bonds is 5. The van der Waals surface area contributed by atoms with Gasteiger partial charge < -0.3 is 19.9 Å². The van der Waals surface area contributed by atoms with Crippen LogP contribution in [-0.2, 0) is 6.54 Å². The van der Waals surface area contributed by atoms with Crippen molar-refractivity contribution in [3.63, 3.8) is 0 Å². The summed E-state index contributed by atoms with van der Waals surface area (Å²) in [5.74, 6) is 1.03. The molecular formula is C27H27N5O3. The molecule has 0 atom stereocenters. The molecule has 8 nitrogen and oxygen atoms in total. The molecule has 1 saturated heterocycles. The Morgan fingerprint density at radius 3 is 2.37 bits per heavy atom. The van der Waals surface area contributed by atoms with E-state index in [0.717, 1.165) is 16.6 Å². The molecule has 2 heterocycles. The molecule has 1 aromatic heterocycles. The van der Waals surface area contributed by atoms with E-state index in [2.05, 4.69) is 5.32 Å². The summed E-state index contributed by atoms with van der Waals surface area (Å²) < 4.78 is 7.11. The highest BCUT2D eigenvalue weighted by molar-refractivity contribution is 5.91. The lowest BCUT2D eigenvalue weighted by Gasteiger charge is -2.35. The number of methoxy groups -OCH3 is 1. The summed E-state index contributed by atoms with van der Waals surface area (Å²) >= 11 is 0. The molecule has 3 aromatic carbocycles. The maximum atomic E-state index is 13.6. The minimum Gasteiger partial charge on any atom is -0.495 e. The van der Waals surface area contributed by atoms with Crippen molar-refractivity contribution in [2.24, 2.45) is 0 Å². The Labute approximate surface area is 203 Å². The number of anilines is 2. The van der Waals surface area contributed by atoms with Crippen molar-refractivity contribution in [1.29, 1.82) is 0 Å². The second-order valence-electron chi connectivity index (χ2n) is 8.41. The van der Waals surface area contributed by atoms with Crippen molar-refractivity contribution in [2.45, 2.75) is 6.54 Å². The highest BCUT2D eigenvalue weighted by atomic mass is 16.5. The first kappa shape index (κ1) is 22.5. The summed E-state index contributed by atoms with van der Waals surface area (Å²) in [5.41, 5.74) is 3.13. The van der Waals surface area contributed by atoms with Crippen molar-refractivity contribution in [3.8, 4) is 5.75 Å². The number of piperazine rings is 1. The molecule has 1 fully saturated rings. The fourth-order valence-electron chi connectivity index (χ4n) is 4.37. The van der Waals surface area contributed by atoms with Crippen molar-refractivity contribution in [2.75, 3.05) is 43.5 Å². The van der Waals surface area contributed by atoms with Crippen LogP contribution in [0.2, 0.25) is 0 Å². The van der Waals surface area contributed by atoms with E-state index in [1.165, 1.54) is 0 Å². The summed E-state index contributed by atoms with van der Waals surface area (Å²) in [6.45, 7) is 2.47. The molecule has 0 unspecified atom stereocenters. The maximum Gasteiger partial charge on any atom is 0.322 e. The summed E-state index contributed by atoms with van der Waals surface area (Å²) in [6, 6.07) is 24.8. The monoisotopic (exact) mass is 469 g/mol. The maximum absolute atomic E-state index is 13.6. The van der Waals surface area contributed by atoms with Gasteiger partial charge in [-0.3, -0.25) is 9.36 Å². The number of urea groups is 1. The van der Waals surface area contributed by atoms with Crippen LogP contribution in [0.4, 0.5) is 16.3 Å². The van der Waals surface area contributed by atoms with Gasteiger partial charge in [-0.2, -0.15) is 0 Å². The van der Waals surface area contributed by atoms with Crippen LogP contribution in [0.15, 0.2) is 83.7 Å². The number of para-hydroxylation sites is 4. The average molecular weight is 470 g/mol. The fraction of sp³-hybridized carbons (Fsp3) is 0.222. The van der Waals surface area contributed by atoms with Crippen LogP contribution in [0.25, 0.3) is 11.0 Å². The molecule has 0 saturated carbocycles. The first-order valence-electron chi connectivity index (χ1n) is 11.6. The highest BCUT2D eigenvalue weighted by Crippen LogP contribution is 2.24. The van der Waals surface area contributed by atoms with Crippen LogP contribution in [0.3, 0.4) is 0 Å². The largest absolute Gasteiger partial charge is 0.495 e. The van der Waals surface area contributed by atoms with Crippen LogP contribution in [-0.4, -0.2) is 53.8 Å². The van der Waals surface area contributed by atoms with E-state index >= 15 is 0 Å².